The van der Waals surface area contributed by atoms with E-state index in [4.69, 9.17) is 0 Å². The zero-order valence-electron chi connectivity index (χ0n) is 7.85. The van der Waals surface area contributed by atoms with Gasteiger partial charge < -0.3 is 0 Å². The lowest BCUT2D eigenvalue weighted by Crippen LogP contribution is -1.96. The van der Waals surface area contributed by atoms with Gasteiger partial charge >= 0.3 is 0 Å². The summed E-state index contributed by atoms with van der Waals surface area (Å²) in [4.78, 5) is 3.38. The van der Waals surface area contributed by atoms with Crippen LogP contribution in [0.2, 0.25) is 0 Å². The maximum Gasteiger partial charge on any atom is 0.213 e. The smallest absolute Gasteiger partial charge is 0.213 e. The van der Waals surface area contributed by atoms with Gasteiger partial charge in [0.15, 0.2) is 17.5 Å². The van der Waals surface area contributed by atoms with E-state index in [1.165, 1.54) is 12.1 Å². The van der Waals surface area contributed by atoms with Crippen molar-refractivity contribution in [3.05, 3.63) is 53.7 Å². The van der Waals surface area contributed by atoms with Crippen LogP contribution < -0.4 is 0 Å². The molecule has 0 saturated heterocycles. The molecule has 0 aliphatic carbocycles. The molecule has 5 heteroatoms. The lowest BCUT2D eigenvalue weighted by Gasteiger charge is -2.03. The van der Waals surface area contributed by atoms with E-state index in [0.29, 0.717) is 0 Å². The number of rotatable bonds is 1. The Hall–Kier alpha value is -1.91. The topological polar surface area (TPSA) is 12.9 Å². The van der Waals surface area contributed by atoms with Crippen LogP contribution >= 0.6 is 0 Å². The van der Waals surface area contributed by atoms with Crippen molar-refractivity contribution in [3.63, 3.8) is 0 Å². The summed E-state index contributed by atoms with van der Waals surface area (Å²) in [6, 6.07) is 5.45. The molecule has 1 heterocycles. The molecular formula is C11H5F4N. The first kappa shape index (κ1) is 10.6. The molecule has 0 atom stereocenters. The van der Waals surface area contributed by atoms with Gasteiger partial charge in [-0.25, -0.2) is 18.2 Å². The van der Waals surface area contributed by atoms with Gasteiger partial charge in [-0.05, 0) is 24.3 Å². The van der Waals surface area contributed by atoms with Crippen LogP contribution in [-0.4, -0.2) is 4.98 Å². The van der Waals surface area contributed by atoms with Crippen molar-refractivity contribution in [2.75, 3.05) is 0 Å². The van der Waals surface area contributed by atoms with Gasteiger partial charge in [-0.3, -0.25) is 0 Å². The van der Waals surface area contributed by atoms with Crippen LogP contribution in [-0.2, 0) is 0 Å². The van der Waals surface area contributed by atoms with E-state index in [0.717, 1.165) is 18.2 Å². The molecule has 0 unspecified atom stereocenters. The van der Waals surface area contributed by atoms with E-state index in [1.807, 2.05) is 0 Å². The van der Waals surface area contributed by atoms with Gasteiger partial charge in [0.05, 0.1) is 5.69 Å². The third-order valence-electron chi connectivity index (χ3n) is 2.03. The SMILES string of the molecule is Fc1cccc(-c2ccc(F)c(F)c2F)n1. The van der Waals surface area contributed by atoms with Gasteiger partial charge in [-0.2, -0.15) is 4.39 Å². The largest absolute Gasteiger partial charge is 0.220 e. The molecule has 0 aliphatic heterocycles. The van der Waals surface area contributed by atoms with E-state index in [-0.39, 0.29) is 11.3 Å². The second kappa shape index (κ2) is 3.92. The monoisotopic (exact) mass is 227 g/mol. The predicted molar refractivity (Wildman–Crippen MR) is 49.5 cm³/mol. The summed E-state index contributed by atoms with van der Waals surface area (Å²) in [7, 11) is 0. The second-order valence-corrected chi connectivity index (χ2v) is 3.07. The first-order valence-corrected chi connectivity index (χ1v) is 4.36. The quantitative estimate of drug-likeness (QED) is 0.413. The van der Waals surface area contributed by atoms with Crippen LogP contribution in [0.25, 0.3) is 11.3 Å². The highest BCUT2D eigenvalue weighted by molar-refractivity contribution is 5.59. The number of pyridine rings is 1. The Morgan fingerprint density at radius 3 is 2.25 bits per heavy atom. The number of nitrogens with zero attached hydrogens (tertiary/aromatic N) is 1. The highest BCUT2D eigenvalue weighted by Gasteiger charge is 2.15. The average Bonchev–Trinajstić information content (AvgIpc) is 2.26. The summed E-state index contributed by atoms with van der Waals surface area (Å²) in [5.74, 6) is -5.08. The molecule has 2 rings (SSSR count). The number of hydrogen-bond acceptors (Lipinski definition) is 1. The zero-order valence-corrected chi connectivity index (χ0v) is 7.85. The molecule has 16 heavy (non-hydrogen) atoms. The predicted octanol–water partition coefficient (Wildman–Crippen LogP) is 3.31. The summed E-state index contributed by atoms with van der Waals surface area (Å²) in [6.45, 7) is 0. The molecule has 0 saturated carbocycles. The Kier molecular flexibility index (Phi) is 2.60. The summed E-state index contributed by atoms with van der Waals surface area (Å²) in [6.07, 6.45) is 0. The van der Waals surface area contributed by atoms with Crippen molar-refractivity contribution in [1.29, 1.82) is 0 Å². The molecule has 0 bridgehead atoms. The normalized spacial score (nSPS) is 10.5. The Morgan fingerprint density at radius 2 is 1.56 bits per heavy atom. The minimum Gasteiger partial charge on any atom is -0.220 e. The summed E-state index contributed by atoms with van der Waals surface area (Å²) in [5.41, 5.74) is -0.366. The molecule has 0 radical (unpaired) electrons. The number of halogens is 4. The number of benzene rings is 1. The maximum atomic E-state index is 13.3. The average molecular weight is 227 g/mol. The van der Waals surface area contributed by atoms with Crippen molar-refractivity contribution < 1.29 is 17.6 Å². The van der Waals surface area contributed by atoms with Gasteiger partial charge in [-0.1, -0.05) is 6.07 Å². The molecule has 82 valence electrons. The van der Waals surface area contributed by atoms with E-state index in [2.05, 4.69) is 4.98 Å². The van der Waals surface area contributed by atoms with E-state index in [1.54, 1.807) is 0 Å². The van der Waals surface area contributed by atoms with Crippen LogP contribution in [0.3, 0.4) is 0 Å². The van der Waals surface area contributed by atoms with E-state index >= 15 is 0 Å². The molecule has 0 aliphatic rings. The van der Waals surface area contributed by atoms with Gasteiger partial charge in [-0.15, -0.1) is 0 Å². The zero-order chi connectivity index (χ0) is 11.7. The molecule has 2 aromatic rings. The Labute approximate surface area is 88.4 Å². The molecule has 0 amide bonds. The molecule has 1 aromatic heterocycles. The molecule has 0 fully saturated rings. The Bertz CT molecular complexity index is 540. The number of aromatic nitrogens is 1. The van der Waals surface area contributed by atoms with Crippen LogP contribution in [0.5, 0.6) is 0 Å². The molecular weight excluding hydrogens is 222 g/mol. The Morgan fingerprint density at radius 1 is 0.812 bits per heavy atom. The molecule has 0 N–H and O–H groups in total. The van der Waals surface area contributed by atoms with Crippen LogP contribution in [0.1, 0.15) is 0 Å². The lowest BCUT2D eigenvalue weighted by molar-refractivity contribution is 0.448. The van der Waals surface area contributed by atoms with Gasteiger partial charge in [0.1, 0.15) is 0 Å². The van der Waals surface area contributed by atoms with Gasteiger partial charge in [0, 0.05) is 5.56 Å². The van der Waals surface area contributed by atoms with Crippen LogP contribution in [0, 0.1) is 23.4 Å². The minimum absolute atomic E-state index is 0.0867. The first-order chi connectivity index (χ1) is 7.59. The molecule has 0 spiro atoms. The van der Waals surface area contributed by atoms with Gasteiger partial charge in [0.25, 0.3) is 0 Å². The second-order valence-electron chi connectivity index (χ2n) is 3.07. The van der Waals surface area contributed by atoms with Crippen molar-refractivity contribution in [1.82, 2.24) is 4.98 Å². The van der Waals surface area contributed by atoms with Crippen LogP contribution in [0.15, 0.2) is 30.3 Å². The van der Waals surface area contributed by atoms with E-state index < -0.39 is 23.4 Å². The summed E-state index contributed by atoms with van der Waals surface area (Å²) in [5, 5.41) is 0. The highest BCUT2D eigenvalue weighted by Crippen LogP contribution is 2.24. The number of hydrogen-bond donors (Lipinski definition) is 0. The third kappa shape index (κ3) is 1.76. The minimum atomic E-state index is -1.59. The van der Waals surface area contributed by atoms with Gasteiger partial charge in [0.2, 0.25) is 5.95 Å². The molecule has 1 aromatic carbocycles. The lowest BCUT2D eigenvalue weighted by atomic mass is 10.1. The van der Waals surface area contributed by atoms with Crippen molar-refractivity contribution in [2.45, 2.75) is 0 Å². The van der Waals surface area contributed by atoms with Crippen LogP contribution in [0.4, 0.5) is 17.6 Å². The summed E-state index contributed by atoms with van der Waals surface area (Å²) >= 11 is 0. The molecule has 1 nitrogen and oxygen atoms in total. The standard InChI is InChI=1S/C11H5F4N/c12-7-5-4-6(10(14)11(7)15)8-2-1-3-9(13)16-8/h1-5H. The fourth-order valence-corrected chi connectivity index (χ4v) is 1.28. The highest BCUT2D eigenvalue weighted by atomic mass is 19.2. The van der Waals surface area contributed by atoms with Crippen molar-refractivity contribution in [2.24, 2.45) is 0 Å². The first-order valence-electron chi connectivity index (χ1n) is 4.36. The van der Waals surface area contributed by atoms with Crippen molar-refractivity contribution in [3.8, 4) is 11.3 Å². The van der Waals surface area contributed by atoms with E-state index in [9.17, 15) is 17.6 Å². The maximum absolute atomic E-state index is 13.3. The Balaban J connectivity index is 2.61. The fourth-order valence-electron chi connectivity index (χ4n) is 1.28. The third-order valence-corrected chi connectivity index (χ3v) is 2.03. The summed E-state index contributed by atoms with van der Waals surface area (Å²) < 4.78 is 51.6. The van der Waals surface area contributed by atoms with Crippen molar-refractivity contribution >= 4 is 0 Å². The fraction of sp³-hybridized carbons (Fsp3) is 0.